The number of anilines is 2. The minimum absolute atomic E-state index is 0.460. The molecule has 4 heterocycles. The SMILES string of the molecule is CSc1nc2c(c(N3CCN(C(=O)O)CC3)n1)CCN(c1c(C)ccc3c1cnn3COCC[Si](C)(C)C)C2. The molecular formula is C27H39N7O3SSi. The van der Waals surface area contributed by atoms with E-state index in [2.05, 4.69) is 53.6 Å². The first-order valence-electron chi connectivity index (χ1n) is 13.6. The van der Waals surface area contributed by atoms with Gasteiger partial charge in [0.15, 0.2) is 5.16 Å². The maximum Gasteiger partial charge on any atom is 0.407 e. The van der Waals surface area contributed by atoms with E-state index in [9.17, 15) is 9.90 Å². The molecule has 0 radical (unpaired) electrons. The minimum Gasteiger partial charge on any atom is -0.465 e. The molecule has 2 aliphatic rings. The van der Waals surface area contributed by atoms with Crippen molar-refractivity contribution >= 4 is 48.3 Å². The summed E-state index contributed by atoms with van der Waals surface area (Å²) in [7, 11) is -1.13. The van der Waals surface area contributed by atoms with E-state index < -0.39 is 14.2 Å². The molecule has 1 amide bonds. The van der Waals surface area contributed by atoms with E-state index in [1.807, 2.05) is 17.1 Å². The Hall–Kier alpha value is -2.83. The highest BCUT2D eigenvalue weighted by Gasteiger charge is 2.29. The molecule has 5 rings (SSSR count). The molecule has 0 spiro atoms. The van der Waals surface area contributed by atoms with Gasteiger partial charge < -0.3 is 24.5 Å². The fraction of sp³-hybridized carbons (Fsp3) is 0.556. The Morgan fingerprint density at radius 3 is 2.56 bits per heavy atom. The molecule has 0 saturated carbocycles. The number of rotatable bonds is 8. The monoisotopic (exact) mass is 569 g/mol. The lowest BCUT2D eigenvalue weighted by atomic mass is 10.0. The fourth-order valence-corrected chi connectivity index (χ4v) is 6.48. The van der Waals surface area contributed by atoms with Crippen molar-refractivity contribution < 1.29 is 14.6 Å². The molecule has 0 bridgehead atoms. The minimum atomic E-state index is -1.13. The Morgan fingerprint density at radius 2 is 1.87 bits per heavy atom. The third-order valence-electron chi connectivity index (χ3n) is 7.58. The van der Waals surface area contributed by atoms with Crippen molar-refractivity contribution in [2.24, 2.45) is 0 Å². The number of piperazine rings is 1. The zero-order chi connectivity index (χ0) is 27.7. The second-order valence-electron chi connectivity index (χ2n) is 11.5. The summed E-state index contributed by atoms with van der Waals surface area (Å²) in [6.07, 6.45) is 3.95. The van der Waals surface area contributed by atoms with Crippen LogP contribution in [0, 0.1) is 6.92 Å². The van der Waals surface area contributed by atoms with Crippen molar-refractivity contribution in [1.29, 1.82) is 0 Å². The predicted molar refractivity (Wildman–Crippen MR) is 159 cm³/mol. The molecule has 0 unspecified atom stereocenters. The van der Waals surface area contributed by atoms with Crippen LogP contribution >= 0.6 is 11.8 Å². The predicted octanol–water partition coefficient (Wildman–Crippen LogP) is 4.53. The standard InChI is InChI=1S/C27H39N7O3SSi/c1-19-6-7-23-21(16-28-34(23)18-37-14-15-39(3,4)5)24(19)33-9-8-20-22(17-33)29-26(38-2)30-25(20)31-10-12-32(13-11-31)27(35)36/h6-7,16H,8-15,17-18H2,1-5H3,(H,35,36). The molecule has 210 valence electrons. The van der Waals surface area contributed by atoms with Gasteiger partial charge in [-0.3, -0.25) is 0 Å². The molecule has 3 aromatic rings. The molecule has 10 nitrogen and oxygen atoms in total. The molecule has 0 atom stereocenters. The smallest absolute Gasteiger partial charge is 0.407 e. The van der Waals surface area contributed by atoms with E-state index >= 15 is 0 Å². The summed E-state index contributed by atoms with van der Waals surface area (Å²) in [5, 5.41) is 15.9. The quantitative estimate of drug-likeness (QED) is 0.181. The Kier molecular flexibility index (Phi) is 8.06. The first-order chi connectivity index (χ1) is 18.6. The molecule has 12 heteroatoms. The molecule has 1 N–H and O–H groups in total. The molecule has 1 fully saturated rings. The van der Waals surface area contributed by atoms with E-state index in [1.54, 1.807) is 11.8 Å². The van der Waals surface area contributed by atoms with Crippen LogP contribution < -0.4 is 9.80 Å². The van der Waals surface area contributed by atoms with Crippen LogP contribution in [0.3, 0.4) is 0 Å². The number of hydrogen-bond donors (Lipinski definition) is 1. The van der Waals surface area contributed by atoms with Gasteiger partial charge in [-0.1, -0.05) is 37.5 Å². The molecule has 39 heavy (non-hydrogen) atoms. The van der Waals surface area contributed by atoms with Crippen molar-refractivity contribution in [2.45, 2.75) is 57.5 Å². The zero-order valence-corrected chi connectivity index (χ0v) is 25.4. The lowest BCUT2D eigenvalue weighted by Crippen LogP contribution is -2.49. The van der Waals surface area contributed by atoms with Crippen LogP contribution in [-0.4, -0.2) is 89.5 Å². The Balaban J connectivity index is 1.38. The summed E-state index contributed by atoms with van der Waals surface area (Å²) in [4.78, 5) is 27.3. The van der Waals surface area contributed by atoms with Crippen LogP contribution in [0.1, 0.15) is 16.8 Å². The zero-order valence-electron chi connectivity index (χ0n) is 23.6. The highest BCUT2D eigenvalue weighted by molar-refractivity contribution is 7.98. The number of amides is 1. The van der Waals surface area contributed by atoms with Crippen molar-refractivity contribution in [2.75, 3.05) is 55.4 Å². The van der Waals surface area contributed by atoms with Crippen LogP contribution in [0.25, 0.3) is 10.9 Å². The second kappa shape index (κ2) is 11.3. The number of aryl methyl sites for hydroxylation is 1. The van der Waals surface area contributed by atoms with E-state index in [-0.39, 0.29) is 0 Å². The van der Waals surface area contributed by atoms with Gasteiger partial charge in [0, 0.05) is 58.4 Å². The van der Waals surface area contributed by atoms with E-state index in [1.165, 1.54) is 21.7 Å². The first kappa shape index (κ1) is 27.7. The highest BCUT2D eigenvalue weighted by atomic mass is 32.2. The van der Waals surface area contributed by atoms with E-state index in [0.717, 1.165) is 53.2 Å². The number of carboxylic acid groups (broad SMARTS) is 1. The van der Waals surface area contributed by atoms with Gasteiger partial charge in [0.1, 0.15) is 12.5 Å². The number of nitrogens with zero attached hydrogens (tertiary/aromatic N) is 7. The third-order valence-corrected chi connectivity index (χ3v) is 9.83. The van der Waals surface area contributed by atoms with Crippen LogP contribution in [0.4, 0.5) is 16.3 Å². The van der Waals surface area contributed by atoms with Gasteiger partial charge in [0.25, 0.3) is 0 Å². The lowest BCUT2D eigenvalue weighted by molar-refractivity contribution is 0.0817. The summed E-state index contributed by atoms with van der Waals surface area (Å²) in [5.74, 6) is 0.965. The van der Waals surface area contributed by atoms with Gasteiger partial charge in [-0.15, -0.1) is 0 Å². The number of carbonyl (C=O) groups is 1. The van der Waals surface area contributed by atoms with E-state index in [0.29, 0.717) is 39.5 Å². The number of benzene rings is 1. The molecule has 2 aliphatic heterocycles. The van der Waals surface area contributed by atoms with Crippen molar-refractivity contribution in [3.05, 3.63) is 35.2 Å². The van der Waals surface area contributed by atoms with Crippen LogP contribution in [0.15, 0.2) is 23.5 Å². The van der Waals surface area contributed by atoms with Gasteiger partial charge in [-0.05, 0) is 37.3 Å². The summed E-state index contributed by atoms with van der Waals surface area (Å²) in [6.45, 7) is 14.3. The van der Waals surface area contributed by atoms with Crippen LogP contribution in [0.2, 0.25) is 25.7 Å². The average Bonchev–Trinajstić information content (AvgIpc) is 3.32. The summed E-state index contributed by atoms with van der Waals surface area (Å²) in [6, 6.07) is 5.46. The van der Waals surface area contributed by atoms with Gasteiger partial charge in [0.05, 0.1) is 29.6 Å². The number of hydrogen-bond acceptors (Lipinski definition) is 8. The number of thioether (sulfide) groups is 1. The molecular weight excluding hydrogens is 530 g/mol. The number of fused-ring (bicyclic) bond motifs is 2. The topological polar surface area (TPSA) is 99.9 Å². The van der Waals surface area contributed by atoms with E-state index in [4.69, 9.17) is 14.7 Å². The first-order valence-corrected chi connectivity index (χ1v) is 18.5. The molecule has 1 aromatic carbocycles. The lowest BCUT2D eigenvalue weighted by Gasteiger charge is -2.37. The average molecular weight is 570 g/mol. The van der Waals surface area contributed by atoms with Crippen LogP contribution in [-0.2, 0) is 24.4 Å². The van der Waals surface area contributed by atoms with Gasteiger partial charge in [-0.25, -0.2) is 19.4 Å². The fourth-order valence-electron chi connectivity index (χ4n) is 5.34. The Morgan fingerprint density at radius 1 is 1.10 bits per heavy atom. The molecule has 0 aliphatic carbocycles. The van der Waals surface area contributed by atoms with Crippen molar-refractivity contribution in [3.63, 3.8) is 0 Å². The number of aromatic nitrogens is 4. The maximum atomic E-state index is 11.4. The summed E-state index contributed by atoms with van der Waals surface area (Å²) in [5.41, 5.74) is 5.74. The van der Waals surface area contributed by atoms with Gasteiger partial charge in [-0.2, -0.15) is 5.10 Å². The maximum absolute atomic E-state index is 11.4. The Labute approximate surface area is 235 Å². The molecule has 2 aromatic heterocycles. The molecule has 1 saturated heterocycles. The normalized spacial score (nSPS) is 16.2. The van der Waals surface area contributed by atoms with Gasteiger partial charge >= 0.3 is 6.09 Å². The summed E-state index contributed by atoms with van der Waals surface area (Å²) < 4.78 is 7.96. The summed E-state index contributed by atoms with van der Waals surface area (Å²) >= 11 is 1.55. The van der Waals surface area contributed by atoms with Gasteiger partial charge in [0.2, 0.25) is 0 Å². The second-order valence-corrected chi connectivity index (χ2v) is 17.9. The largest absolute Gasteiger partial charge is 0.465 e. The Bertz CT molecular complexity index is 1350. The third kappa shape index (κ3) is 6.02. The number of ether oxygens (including phenoxy) is 1. The van der Waals surface area contributed by atoms with Crippen molar-refractivity contribution in [3.8, 4) is 0 Å². The van der Waals surface area contributed by atoms with Crippen molar-refractivity contribution in [1.82, 2.24) is 24.6 Å². The van der Waals surface area contributed by atoms with Crippen LogP contribution in [0.5, 0.6) is 0 Å². The highest BCUT2D eigenvalue weighted by Crippen LogP contribution is 2.36.